The molecule has 1 rings (SSSR count). The molecule has 1 aromatic rings. The SMILES string of the molecule is NC(=O)c1c(F)ccc(O)c1Br. The summed E-state index contributed by atoms with van der Waals surface area (Å²) in [5.74, 6) is -1.90. The maximum Gasteiger partial charge on any atom is 0.252 e. The van der Waals surface area contributed by atoms with Gasteiger partial charge in [0.2, 0.25) is 0 Å². The van der Waals surface area contributed by atoms with E-state index < -0.39 is 11.7 Å². The van der Waals surface area contributed by atoms with Crippen molar-refractivity contribution >= 4 is 21.8 Å². The Labute approximate surface area is 76.1 Å². The summed E-state index contributed by atoms with van der Waals surface area (Å²) in [6.07, 6.45) is 0. The Bertz CT molecular complexity index is 340. The van der Waals surface area contributed by atoms with Crippen molar-refractivity contribution in [3.63, 3.8) is 0 Å². The molecule has 0 fully saturated rings. The third-order valence-corrected chi connectivity index (χ3v) is 2.12. The first-order valence-electron chi connectivity index (χ1n) is 3.01. The highest BCUT2D eigenvalue weighted by atomic mass is 79.9. The van der Waals surface area contributed by atoms with E-state index in [1.807, 2.05) is 0 Å². The zero-order valence-corrected chi connectivity index (χ0v) is 7.43. The van der Waals surface area contributed by atoms with Crippen LogP contribution in [-0.4, -0.2) is 11.0 Å². The van der Waals surface area contributed by atoms with Crippen LogP contribution in [0.4, 0.5) is 4.39 Å². The van der Waals surface area contributed by atoms with Gasteiger partial charge in [0.05, 0.1) is 10.0 Å². The number of hydrogen-bond donors (Lipinski definition) is 2. The number of aromatic hydroxyl groups is 1. The molecule has 0 heterocycles. The second kappa shape index (κ2) is 3.10. The minimum Gasteiger partial charge on any atom is -0.507 e. The van der Waals surface area contributed by atoms with Crippen LogP contribution in [0.2, 0.25) is 0 Å². The van der Waals surface area contributed by atoms with Crippen molar-refractivity contribution in [3.8, 4) is 5.75 Å². The number of nitrogens with two attached hydrogens (primary N) is 1. The summed E-state index contributed by atoms with van der Waals surface area (Å²) in [4.78, 5) is 10.6. The fourth-order valence-electron chi connectivity index (χ4n) is 0.767. The van der Waals surface area contributed by atoms with Crippen LogP contribution in [0.1, 0.15) is 10.4 Å². The van der Waals surface area contributed by atoms with Crippen molar-refractivity contribution in [2.45, 2.75) is 0 Å². The molecule has 0 atom stereocenters. The van der Waals surface area contributed by atoms with Crippen LogP contribution >= 0.6 is 15.9 Å². The molecule has 0 saturated carbocycles. The normalized spacial score (nSPS) is 9.83. The number of amides is 1. The molecule has 0 radical (unpaired) electrons. The predicted octanol–water partition coefficient (Wildman–Crippen LogP) is 1.39. The molecule has 1 amide bonds. The lowest BCUT2D eigenvalue weighted by Gasteiger charge is -2.02. The molecular formula is C7H5BrFNO2. The maximum atomic E-state index is 12.8. The van der Waals surface area contributed by atoms with Gasteiger partial charge in [-0.2, -0.15) is 0 Å². The zero-order valence-electron chi connectivity index (χ0n) is 5.84. The third-order valence-electron chi connectivity index (χ3n) is 1.32. The Morgan fingerprint density at radius 2 is 2.17 bits per heavy atom. The average molecular weight is 234 g/mol. The topological polar surface area (TPSA) is 63.3 Å². The highest BCUT2D eigenvalue weighted by molar-refractivity contribution is 9.10. The van der Waals surface area contributed by atoms with E-state index in [1.54, 1.807) is 0 Å². The predicted molar refractivity (Wildman–Crippen MR) is 44.3 cm³/mol. The van der Waals surface area contributed by atoms with Crippen LogP contribution in [-0.2, 0) is 0 Å². The Balaban J connectivity index is 3.43. The van der Waals surface area contributed by atoms with Gasteiger partial charge in [0.1, 0.15) is 11.6 Å². The van der Waals surface area contributed by atoms with E-state index in [0.29, 0.717) is 0 Å². The van der Waals surface area contributed by atoms with Gasteiger partial charge >= 0.3 is 0 Å². The van der Waals surface area contributed by atoms with E-state index >= 15 is 0 Å². The van der Waals surface area contributed by atoms with Gasteiger partial charge in [0.15, 0.2) is 0 Å². The standard InChI is InChI=1S/C7H5BrFNO2/c8-6-4(11)2-1-3(9)5(6)7(10)12/h1-2,11H,(H2,10,12). The molecule has 64 valence electrons. The first-order chi connectivity index (χ1) is 5.54. The molecule has 3 N–H and O–H groups in total. The Kier molecular flexibility index (Phi) is 2.32. The van der Waals surface area contributed by atoms with Gasteiger partial charge in [-0.3, -0.25) is 4.79 Å². The van der Waals surface area contributed by atoms with Crippen molar-refractivity contribution in [3.05, 3.63) is 28.0 Å². The number of benzene rings is 1. The van der Waals surface area contributed by atoms with Crippen LogP contribution in [0.25, 0.3) is 0 Å². The van der Waals surface area contributed by atoms with Crippen molar-refractivity contribution in [2.24, 2.45) is 5.73 Å². The maximum absolute atomic E-state index is 12.8. The number of phenolic OH excluding ortho intramolecular Hbond substituents is 1. The minimum atomic E-state index is -0.921. The molecule has 0 aliphatic carbocycles. The number of halogens is 2. The molecule has 0 saturated heterocycles. The summed E-state index contributed by atoms with van der Waals surface area (Å²) in [6, 6.07) is 2.10. The number of carbonyl (C=O) groups excluding carboxylic acids is 1. The molecule has 0 aliphatic rings. The van der Waals surface area contributed by atoms with Gasteiger partial charge in [-0.05, 0) is 28.1 Å². The van der Waals surface area contributed by atoms with Gasteiger partial charge in [0.25, 0.3) is 5.91 Å². The molecule has 0 aliphatic heterocycles. The molecule has 0 spiro atoms. The monoisotopic (exact) mass is 233 g/mol. The van der Waals surface area contributed by atoms with Gasteiger partial charge in [-0.1, -0.05) is 0 Å². The molecule has 5 heteroatoms. The lowest BCUT2D eigenvalue weighted by atomic mass is 10.2. The first-order valence-corrected chi connectivity index (χ1v) is 3.80. The number of phenols is 1. The van der Waals surface area contributed by atoms with E-state index in [-0.39, 0.29) is 15.8 Å². The summed E-state index contributed by atoms with van der Waals surface area (Å²) in [6.45, 7) is 0. The first kappa shape index (κ1) is 8.99. The zero-order chi connectivity index (χ0) is 9.30. The quantitative estimate of drug-likeness (QED) is 0.771. The molecular weight excluding hydrogens is 229 g/mol. The Morgan fingerprint density at radius 1 is 1.58 bits per heavy atom. The van der Waals surface area contributed by atoms with Crippen LogP contribution in [0.15, 0.2) is 16.6 Å². The summed E-state index contributed by atoms with van der Waals surface area (Å²) in [7, 11) is 0. The number of rotatable bonds is 1. The lowest BCUT2D eigenvalue weighted by Crippen LogP contribution is -2.13. The molecule has 12 heavy (non-hydrogen) atoms. The molecule has 0 aromatic heterocycles. The van der Waals surface area contributed by atoms with Crippen molar-refractivity contribution < 1.29 is 14.3 Å². The smallest absolute Gasteiger partial charge is 0.252 e. The fraction of sp³-hybridized carbons (Fsp3) is 0. The summed E-state index contributed by atoms with van der Waals surface area (Å²) in [5.41, 5.74) is 4.53. The van der Waals surface area contributed by atoms with Crippen LogP contribution in [0.3, 0.4) is 0 Å². The van der Waals surface area contributed by atoms with Gasteiger partial charge in [0, 0.05) is 0 Å². The van der Waals surface area contributed by atoms with E-state index in [2.05, 4.69) is 15.9 Å². The van der Waals surface area contributed by atoms with E-state index in [9.17, 15) is 9.18 Å². The highest BCUT2D eigenvalue weighted by Gasteiger charge is 2.15. The minimum absolute atomic E-state index is 0.0185. The second-order valence-corrected chi connectivity index (χ2v) is 2.91. The van der Waals surface area contributed by atoms with Crippen molar-refractivity contribution in [1.82, 2.24) is 0 Å². The van der Waals surface area contributed by atoms with Crippen molar-refractivity contribution in [1.29, 1.82) is 0 Å². The van der Waals surface area contributed by atoms with Crippen LogP contribution in [0.5, 0.6) is 5.75 Å². The highest BCUT2D eigenvalue weighted by Crippen LogP contribution is 2.28. The molecule has 3 nitrogen and oxygen atoms in total. The Morgan fingerprint density at radius 3 is 2.58 bits per heavy atom. The largest absolute Gasteiger partial charge is 0.507 e. The molecule has 0 unspecified atom stereocenters. The summed E-state index contributed by atoms with van der Waals surface area (Å²) >= 11 is 2.84. The summed E-state index contributed by atoms with van der Waals surface area (Å²) in [5, 5.41) is 9.05. The van der Waals surface area contributed by atoms with Crippen LogP contribution in [0, 0.1) is 5.82 Å². The van der Waals surface area contributed by atoms with Crippen LogP contribution < -0.4 is 5.73 Å². The summed E-state index contributed by atoms with van der Waals surface area (Å²) < 4.78 is 12.8. The third kappa shape index (κ3) is 1.40. The average Bonchev–Trinajstić information content (AvgIpc) is 1.97. The fourth-order valence-corrected chi connectivity index (χ4v) is 1.28. The van der Waals surface area contributed by atoms with Crippen molar-refractivity contribution in [2.75, 3.05) is 0 Å². The lowest BCUT2D eigenvalue weighted by molar-refractivity contribution is 0.0995. The van der Waals surface area contributed by atoms with E-state index in [4.69, 9.17) is 10.8 Å². The molecule has 1 aromatic carbocycles. The Hall–Kier alpha value is -1.10. The molecule has 0 bridgehead atoms. The van der Waals surface area contributed by atoms with E-state index in [0.717, 1.165) is 12.1 Å². The number of hydrogen-bond acceptors (Lipinski definition) is 2. The number of primary amides is 1. The van der Waals surface area contributed by atoms with E-state index in [1.165, 1.54) is 0 Å². The van der Waals surface area contributed by atoms with Gasteiger partial charge in [-0.25, -0.2) is 4.39 Å². The van der Waals surface area contributed by atoms with Gasteiger partial charge in [-0.15, -0.1) is 0 Å². The number of carbonyl (C=O) groups is 1. The van der Waals surface area contributed by atoms with Gasteiger partial charge < -0.3 is 10.8 Å². The second-order valence-electron chi connectivity index (χ2n) is 2.12.